The number of furan rings is 4. The highest BCUT2D eigenvalue weighted by Crippen LogP contribution is 2.57. The Labute approximate surface area is 823 Å². The second-order valence-corrected chi connectivity index (χ2v) is 43.8. The van der Waals surface area contributed by atoms with Crippen LogP contribution in [0.4, 0.5) is 26.3 Å². The van der Waals surface area contributed by atoms with E-state index in [-0.39, 0.29) is 141 Å². The molecule has 12 aromatic rings. The number of benzene rings is 4. The summed E-state index contributed by atoms with van der Waals surface area (Å²) in [7, 11) is -3.72. The van der Waals surface area contributed by atoms with Gasteiger partial charge in [0, 0.05) is 147 Å². The summed E-state index contributed by atoms with van der Waals surface area (Å²) in [5, 5.41) is 15.7. The van der Waals surface area contributed by atoms with Crippen molar-refractivity contribution in [3.05, 3.63) is 237 Å². The molecule has 20 rings (SSSR count). The van der Waals surface area contributed by atoms with E-state index < -0.39 is 73.8 Å². The molecule has 3 saturated carbocycles. The number of aromatic nitrogens is 4. The van der Waals surface area contributed by atoms with Crippen LogP contribution in [0.2, 0.25) is 0 Å². The standard InChI is InChI=1S/C31H31F3N4O4.C28H31FN4O4S.C25H26FN3O3.C24H26FN3O3/c1-28(2)17-37(26(39)19-13-29(3,41)14-19)9-10-38(28)27(40)24-12-23-25(42-24)21(30(35-4)15-31(33,34)16-30)11-22(36-23)18-5-7-20(32)8-6-18;1-27(2,3)20-15-21(18-8-10-19(29)11-9-18)31-22-16-23(37-25(20)22)26(34)33-14-13-32(17-28(33,4)5)38(35,36)24-7-6-12-30-24;1-25(2)24(31)27-11-12-29(25)23(30)21-14-20-22(32-21)18(15-5-3-4-6-15)13-19(28-20)16-7-9-17(26)10-8-16;1-5-14(2)17-12-18(15-6-8-16(25)9-7-15)27-19-13-20(31-21(17)19)22(29)28-11-10-26-23(30)24(28,3)4/h5-8,11-12,19,41H,9-10,13-17H2,1-3H3;7-12,15-16H,6,13-14,17H2,1-5H3;7-10,13-15H,3-6,11-12H2,1-2H3,(H,27,31);6-9,12-14H,5,10-11H2,1-4H3,(H,26,30). The van der Waals surface area contributed by atoms with Crippen LogP contribution in [0.5, 0.6) is 0 Å². The molecule has 0 spiro atoms. The fourth-order valence-electron chi connectivity index (χ4n) is 20.3. The van der Waals surface area contributed by atoms with Gasteiger partial charge >= 0.3 is 0 Å². The Hall–Kier alpha value is -13.7. The Morgan fingerprint density at radius 3 is 1.36 bits per heavy atom. The van der Waals surface area contributed by atoms with Crippen molar-refractivity contribution in [2.45, 2.75) is 218 Å². The molecule has 1 atom stereocenters. The minimum absolute atomic E-state index is 0.0330. The molecule has 3 N–H and O–H groups in total. The number of aliphatic hydroxyl groups is 1. The van der Waals surface area contributed by atoms with E-state index in [1.807, 2.05) is 66.7 Å². The second kappa shape index (κ2) is 38.2. The maximum atomic E-state index is 14.1. The summed E-state index contributed by atoms with van der Waals surface area (Å²) >= 11 is 0. The number of rotatable bonds is 15. The molecule has 7 fully saturated rings. The highest BCUT2D eigenvalue weighted by Gasteiger charge is 2.65. The molecule has 1 unspecified atom stereocenters. The molecule has 0 radical (unpaired) electrons. The maximum absolute atomic E-state index is 14.1. The van der Waals surface area contributed by atoms with Gasteiger partial charge in [0.05, 0.1) is 57.9 Å². The first-order valence-electron chi connectivity index (χ1n) is 48.1. The van der Waals surface area contributed by atoms with E-state index in [0.29, 0.717) is 120 Å². The van der Waals surface area contributed by atoms with Gasteiger partial charge in [0.15, 0.2) is 50.4 Å². The minimum Gasteiger partial charge on any atom is -0.449 e. The van der Waals surface area contributed by atoms with E-state index in [1.165, 1.54) is 82.0 Å². The van der Waals surface area contributed by atoms with Crippen molar-refractivity contribution in [1.82, 2.24) is 59.4 Å². The molecule has 4 aromatic carbocycles. The molecule has 0 bridgehead atoms. The lowest BCUT2D eigenvalue weighted by Crippen LogP contribution is -2.63. The first kappa shape index (κ1) is 101. The summed E-state index contributed by atoms with van der Waals surface area (Å²) in [4.78, 5) is 126. The predicted molar refractivity (Wildman–Crippen MR) is 527 cm³/mol. The number of pyridine rings is 4. The van der Waals surface area contributed by atoms with Crippen molar-refractivity contribution in [2.24, 2.45) is 10.9 Å². The molecule has 3 aliphatic carbocycles. The van der Waals surface area contributed by atoms with Crippen molar-refractivity contribution in [2.75, 3.05) is 65.4 Å². The van der Waals surface area contributed by atoms with E-state index in [9.17, 15) is 73.4 Å². The van der Waals surface area contributed by atoms with Gasteiger partial charge < -0.3 is 62.8 Å². The summed E-state index contributed by atoms with van der Waals surface area (Å²) in [5.41, 5.74) is 6.01. The van der Waals surface area contributed by atoms with Crippen molar-refractivity contribution in [1.29, 1.82) is 0 Å². The highest BCUT2D eigenvalue weighted by atomic mass is 32.2. The van der Waals surface area contributed by atoms with Crippen LogP contribution < -0.4 is 10.6 Å². The van der Waals surface area contributed by atoms with E-state index in [1.54, 1.807) is 121 Å². The molecule has 35 heteroatoms. The molecule has 8 aliphatic rings. The van der Waals surface area contributed by atoms with Gasteiger partial charge in [0.1, 0.15) is 56.4 Å². The zero-order valence-electron chi connectivity index (χ0n) is 82.2. The van der Waals surface area contributed by atoms with Crippen LogP contribution in [0.15, 0.2) is 179 Å². The van der Waals surface area contributed by atoms with Gasteiger partial charge in [-0.2, -0.15) is 4.31 Å². The largest absolute Gasteiger partial charge is 0.449 e. The average molecular weight is 1980 g/mol. The molecular weight excluding hydrogens is 1860 g/mol. The Morgan fingerprint density at radius 1 is 0.531 bits per heavy atom. The van der Waals surface area contributed by atoms with E-state index in [4.69, 9.17) is 34.2 Å². The summed E-state index contributed by atoms with van der Waals surface area (Å²) in [6.45, 7) is 37.1. The van der Waals surface area contributed by atoms with Crippen LogP contribution >= 0.6 is 0 Å². The first-order chi connectivity index (χ1) is 67.4. The summed E-state index contributed by atoms with van der Waals surface area (Å²) in [6, 6.07) is 37.9. The number of hydrogen-bond acceptors (Lipinski definition) is 19. The van der Waals surface area contributed by atoms with E-state index >= 15 is 0 Å². The number of aliphatic imine (C=N–C) groups is 1. The highest BCUT2D eigenvalue weighted by molar-refractivity contribution is 7.93. The van der Waals surface area contributed by atoms with Crippen molar-refractivity contribution >= 4 is 102 Å². The number of allylic oxidation sites excluding steroid dienone is 1. The predicted octanol–water partition coefficient (Wildman–Crippen LogP) is 19.7. The summed E-state index contributed by atoms with van der Waals surface area (Å²) in [6.07, 6.45) is 8.43. The third-order valence-corrected chi connectivity index (χ3v) is 30.4. The molecule has 143 heavy (non-hydrogen) atoms. The number of hydrogen-bond donors (Lipinski definition) is 3. The average Bonchev–Trinajstić information content (AvgIpc) is 1.71. The lowest BCUT2D eigenvalue weighted by Gasteiger charge is -2.49. The van der Waals surface area contributed by atoms with Crippen molar-refractivity contribution in [3.63, 3.8) is 0 Å². The third kappa shape index (κ3) is 20.1. The fraction of sp³-hybridized carbons (Fsp3) is 0.417. The summed E-state index contributed by atoms with van der Waals surface area (Å²) < 4.78 is 134. The number of carbonyl (C=O) groups is 7. The quantitative estimate of drug-likeness (QED) is 0.0634. The molecular formula is C108H114F6N14O14S. The Morgan fingerprint density at radius 2 is 0.937 bits per heavy atom. The van der Waals surface area contributed by atoms with Gasteiger partial charge in [-0.05, 0) is 239 Å². The van der Waals surface area contributed by atoms with Gasteiger partial charge in [-0.15, -0.1) is 0 Å². The zero-order chi connectivity index (χ0) is 102. The number of halogens is 6. The van der Waals surface area contributed by atoms with Gasteiger partial charge in [0.25, 0.3) is 45.1 Å². The SMILES string of the molecule is CC(C)(C)c1cc(-c2ccc(F)cc2)nc2cc(C(=O)N3CCN(S(=O)(=O)C4=CCC=N4)CC3(C)C)oc12.CC1(C)C(=O)NCCN1C(=O)c1cc2nc(-c3ccc(F)cc3)cc(C3CCCC3)c2o1.CCC(C)c1cc(-c2ccc(F)cc2)nc2cc(C(=O)N3CCNC(=O)C3(C)C)oc12.[C-]#[N+]C1(c2cc(-c3ccc(F)cc3)nc3cc(C(=O)N4CCN(C(=O)C5CC(C)(O)C5)CC4(C)C)oc23)CC(F)(F)C1. The van der Waals surface area contributed by atoms with Crippen molar-refractivity contribution in [3.8, 4) is 45.0 Å². The first-order valence-corrected chi connectivity index (χ1v) is 49.6. The molecule has 4 saturated heterocycles. The molecule has 13 heterocycles. The maximum Gasteiger partial charge on any atom is 0.290 e. The molecule has 7 amide bonds. The van der Waals surface area contributed by atoms with Crippen LogP contribution in [0.1, 0.15) is 237 Å². The Kier molecular flexibility index (Phi) is 26.9. The number of alkyl halides is 2. The van der Waals surface area contributed by atoms with E-state index in [0.717, 1.165) is 71.2 Å². The van der Waals surface area contributed by atoms with Crippen molar-refractivity contribution < 1.29 is 91.1 Å². The molecule has 5 aliphatic heterocycles. The Balaban J connectivity index is 0.000000132. The van der Waals surface area contributed by atoms with Crippen LogP contribution in [-0.4, -0.2) is 209 Å². The Bertz CT molecular complexity index is 7250. The van der Waals surface area contributed by atoms with Crippen LogP contribution in [0.3, 0.4) is 0 Å². The molecule has 748 valence electrons. The lowest BCUT2D eigenvalue weighted by atomic mass is 9.69. The number of nitrogens with one attached hydrogen (secondary N) is 2. The number of piperazine rings is 4. The normalized spacial score (nSPS) is 20.3. The number of fused-ring (bicyclic) bond motifs is 4. The number of carbonyl (C=O) groups excluding carboxylic acids is 7. The van der Waals surface area contributed by atoms with E-state index in [2.05, 4.69) is 44.3 Å². The van der Waals surface area contributed by atoms with Gasteiger partial charge in [-0.1, -0.05) is 47.5 Å². The number of nitrogens with zero attached hydrogens (tertiary/aromatic N) is 12. The number of amides is 7. The monoisotopic (exact) mass is 1980 g/mol. The number of sulfonamides is 1. The lowest BCUT2D eigenvalue weighted by molar-refractivity contribution is -0.153. The topological polar surface area (TPSA) is 338 Å². The third-order valence-electron chi connectivity index (χ3n) is 28.6. The van der Waals surface area contributed by atoms with Gasteiger partial charge in [0.2, 0.25) is 17.7 Å². The smallest absolute Gasteiger partial charge is 0.290 e. The van der Waals surface area contributed by atoms with Crippen LogP contribution in [0.25, 0.3) is 94.3 Å². The minimum atomic E-state index is -3.72. The fourth-order valence-corrected chi connectivity index (χ4v) is 21.9. The van der Waals surface area contributed by atoms with Gasteiger partial charge in [-0.3, -0.25) is 33.6 Å². The van der Waals surface area contributed by atoms with Gasteiger partial charge in [-0.25, -0.2) is 66.3 Å². The van der Waals surface area contributed by atoms with Crippen LogP contribution in [-0.2, 0) is 35.4 Å². The second-order valence-electron chi connectivity index (χ2n) is 41.9. The zero-order valence-corrected chi connectivity index (χ0v) is 83.0. The molecule has 28 nitrogen and oxygen atoms in total. The van der Waals surface area contributed by atoms with Crippen LogP contribution in [0, 0.1) is 35.8 Å². The summed E-state index contributed by atoms with van der Waals surface area (Å²) in [5.74, 6) is -5.50. The molecule has 8 aromatic heterocycles.